The lowest BCUT2D eigenvalue weighted by Gasteiger charge is -2.36. The van der Waals surface area contributed by atoms with E-state index in [0.717, 1.165) is 17.7 Å². The number of ether oxygens (including phenoxy) is 1. The van der Waals surface area contributed by atoms with E-state index in [1.165, 1.54) is 25.8 Å². The zero-order valence-electron chi connectivity index (χ0n) is 25.8. The number of piperazine rings is 1. The Morgan fingerprint density at radius 1 is 1.12 bits per heavy atom. The summed E-state index contributed by atoms with van der Waals surface area (Å²) in [6, 6.07) is 5.32. The number of anilines is 1. The van der Waals surface area contributed by atoms with E-state index in [9.17, 15) is 9.18 Å². The molecule has 0 aliphatic carbocycles. The number of amides is 1. The Balaban J connectivity index is 0.000000759. The molecule has 3 aromatic heterocycles. The fraction of sp³-hybridized carbons (Fsp3) is 0.484. The molecule has 224 valence electrons. The summed E-state index contributed by atoms with van der Waals surface area (Å²) < 4.78 is 23.5. The summed E-state index contributed by atoms with van der Waals surface area (Å²) in [6.45, 7) is 19.9. The number of rotatable bonds is 4. The van der Waals surface area contributed by atoms with Crippen LogP contribution in [0.15, 0.2) is 48.4 Å². The molecule has 41 heavy (non-hydrogen) atoms. The Morgan fingerprint density at radius 3 is 2.27 bits per heavy atom. The average Bonchev–Trinajstić information content (AvgIpc) is 3.30. The minimum atomic E-state index is -0.499. The third-order valence-electron chi connectivity index (χ3n) is 6.10. The Kier molecular flexibility index (Phi) is 12.3. The van der Waals surface area contributed by atoms with E-state index in [-0.39, 0.29) is 11.7 Å². The number of aldehydes is 1. The van der Waals surface area contributed by atoms with Crippen molar-refractivity contribution in [2.75, 3.05) is 31.1 Å². The van der Waals surface area contributed by atoms with Crippen LogP contribution in [0, 0.1) is 12.7 Å². The standard InChI is InChI=1S/C25H31FN6O2.C4H10.C2H4O/c1-17-14-32-15-19(13-21(26)23(32)27-17)18(2)28-22-8-7-20(16-29(22)6)30-9-11-31(12-10-30)24(33)34-25(3,4)5;1-3-4-2;1-2-3/h7-8,13-16H,2,9-12H2,1,3-6H3;3-4H2,1-2H3;2H,1H3. The van der Waals surface area contributed by atoms with Crippen molar-refractivity contribution in [2.24, 2.45) is 12.0 Å². The fourth-order valence-electron chi connectivity index (χ4n) is 3.90. The van der Waals surface area contributed by atoms with Crippen molar-refractivity contribution in [3.05, 3.63) is 65.9 Å². The Morgan fingerprint density at radius 2 is 1.73 bits per heavy atom. The monoisotopic (exact) mass is 568 g/mol. The number of carbonyl (C=O) groups is 2. The second-order valence-corrected chi connectivity index (χ2v) is 10.8. The highest BCUT2D eigenvalue weighted by Gasteiger charge is 2.26. The van der Waals surface area contributed by atoms with Gasteiger partial charge in [-0.15, -0.1) is 0 Å². The molecule has 0 bridgehead atoms. The van der Waals surface area contributed by atoms with Crippen molar-refractivity contribution in [3.63, 3.8) is 0 Å². The van der Waals surface area contributed by atoms with Crippen LogP contribution in [0.4, 0.5) is 14.9 Å². The number of hydrogen-bond acceptors (Lipinski definition) is 6. The molecule has 4 heterocycles. The number of hydrogen-bond donors (Lipinski definition) is 0. The Bertz CT molecular complexity index is 1390. The second-order valence-electron chi connectivity index (χ2n) is 10.8. The topological polar surface area (TPSA) is 84.4 Å². The van der Waals surface area contributed by atoms with Gasteiger partial charge >= 0.3 is 6.09 Å². The van der Waals surface area contributed by atoms with Crippen LogP contribution in [0.3, 0.4) is 0 Å². The van der Waals surface area contributed by atoms with Crippen LogP contribution in [0.2, 0.25) is 0 Å². The van der Waals surface area contributed by atoms with E-state index >= 15 is 0 Å². The predicted molar refractivity (Wildman–Crippen MR) is 162 cm³/mol. The Hall–Kier alpha value is -3.95. The maximum absolute atomic E-state index is 14.4. The van der Waals surface area contributed by atoms with E-state index in [1.807, 2.05) is 57.6 Å². The molecule has 0 N–H and O–H groups in total. The molecule has 0 spiro atoms. The number of fused-ring (bicyclic) bond motifs is 1. The van der Waals surface area contributed by atoms with Crippen molar-refractivity contribution in [1.29, 1.82) is 0 Å². The van der Waals surface area contributed by atoms with E-state index < -0.39 is 11.4 Å². The molecule has 1 fully saturated rings. The highest BCUT2D eigenvalue weighted by atomic mass is 19.1. The second kappa shape index (κ2) is 15.2. The number of pyridine rings is 2. The van der Waals surface area contributed by atoms with Crippen molar-refractivity contribution in [2.45, 2.75) is 66.9 Å². The first kappa shape index (κ1) is 33.3. The van der Waals surface area contributed by atoms with Gasteiger partial charge in [0.1, 0.15) is 17.4 Å². The van der Waals surface area contributed by atoms with Gasteiger partial charge in [-0.1, -0.05) is 33.3 Å². The number of carbonyl (C=O) groups excluding carboxylic acids is 2. The fourth-order valence-corrected chi connectivity index (χ4v) is 3.90. The molecular formula is C31H45FN6O3. The smallest absolute Gasteiger partial charge is 0.410 e. The van der Waals surface area contributed by atoms with Crippen LogP contribution in [0.1, 0.15) is 65.6 Å². The first-order chi connectivity index (χ1) is 19.3. The largest absolute Gasteiger partial charge is 0.444 e. The molecule has 9 nitrogen and oxygen atoms in total. The van der Waals surface area contributed by atoms with E-state index in [2.05, 4.69) is 35.3 Å². The van der Waals surface area contributed by atoms with Gasteiger partial charge in [0.25, 0.3) is 0 Å². The molecule has 3 aromatic rings. The normalized spacial score (nSPS) is 13.6. The summed E-state index contributed by atoms with van der Waals surface area (Å²) in [7, 11) is 1.91. The number of unbranched alkanes of at least 4 members (excludes halogenated alkanes) is 1. The summed E-state index contributed by atoms with van der Waals surface area (Å²) >= 11 is 0. The summed E-state index contributed by atoms with van der Waals surface area (Å²) in [5.74, 6) is -0.410. The third kappa shape index (κ3) is 9.88. The molecule has 1 amide bonds. The number of halogens is 1. The van der Waals surface area contributed by atoms with Crippen LogP contribution in [0.5, 0.6) is 0 Å². The lowest BCUT2D eigenvalue weighted by Crippen LogP contribution is -2.50. The van der Waals surface area contributed by atoms with Gasteiger partial charge in [0.2, 0.25) is 0 Å². The lowest BCUT2D eigenvalue weighted by atomic mass is 10.2. The minimum absolute atomic E-state index is 0.272. The van der Waals surface area contributed by atoms with Crippen molar-refractivity contribution in [3.8, 4) is 0 Å². The van der Waals surface area contributed by atoms with Crippen LogP contribution >= 0.6 is 0 Å². The number of aryl methyl sites for hydroxylation is 2. The Labute approximate surface area is 243 Å². The van der Waals surface area contributed by atoms with Crippen LogP contribution in [-0.4, -0.2) is 63.0 Å². The van der Waals surface area contributed by atoms with Crippen molar-refractivity contribution >= 4 is 29.4 Å². The summed E-state index contributed by atoms with van der Waals surface area (Å²) in [4.78, 5) is 33.9. The minimum Gasteiger partial charge on any atom is -0.444 e. The zero-order chi connectivity index (χ0) is 30.7. The molecular weight excluding hydrogens is 523 g/mol. The van der Waals surface area contributed by atoms with Gasteiger partial charge in [0, 0.05) is 57.4 Å². The third-order valence-corrected chi connectivity index (χ3v) is 6.10. The van der Waals surface area contributed by atoms with Gasteiger partial charge in [0.15, 0.2) is 11.5 Å². The molecule has 0 saturated carbocycles. The zero-order valence-corrected chi connectivity index (χ0v) is 25.8. The molecule has 1 aliphatic rings. The van der Waals surface area contributed by atoms with Crippen molar-refractivity contribution < 1.29 is 18.7 Å². The van der Waals surface area contributed by atoms with E-state index in [4.69, 9.17) is 9.53 Å². The quantitative estimate of drug-likeness (QED) is 0.374. The first-order valence-corrected chi connectivity index (χ1v) is 14.0. The van der Waals surface area contributed by atoms with Gasteiger partial charge in [-0.3, -0.25) is 0 Å². The van der Waals surface area contributed by atoms with Crippen LogP contribution in [0.25, 0.3) is 11.3 Å². The molecule has 0 atom stereocenters. The summed E-state index contributed by atoms with van der Waals surface area (Å²) in [5, 5.41) is 0. The van der Waals surface area contributed by atoms with Gasteiger partial charge in [-0.05, 0) is 52.8 Å². The number of imidazole rings is 1. The number of aromatic nitrogens is 3. The SMILES string of the molecule is C=C(N=c1ccc(N2CCN(C(=O)OC(C)(C)C)CC2)cn1C)c1cc(F)c2nc(C)cn2c1.CC=O.CCCC. The first-order valence-electron chi connectivity index (χ1n) is 14.0. The van der Waals surface area contributed by atoms with Crippen LogP contribution < -0.4 is 10.4 Å². The summed E-state index contributed by atoms with van der Waals surface area (Å²) in [5.41, 5.74) is 3.32. The molecule has 1 aliphatic heterocycles. The van der Waals surface area contributed by atoms with Gasteiger partial charge in [-0.25, -0.2) is 19.2 Å². The highest BCUT2D eigenvalue weighted by molar-refractivity contribution is 5.68. The molecule has 1 saturated heterocycles. The van der Waals surface area contributed by atoms with Gasteiger partial charge in [-0.2, -0.15) is 0 Å². The molecule has 4 rings (SSSR count). The lowest BCUT2D eigenvalue weighted by molar-refractivity contribution is -0.106. The molecule has 0 radical (unpaired) electrons. The van der Waals surface area contributed by atoms with E-state index in [0.29, 0.717) is 42.9 Å². The highest BCUT2D eigenvalue weighted by Crippen LogP contribution is 2.20. The summed E-state index contributed by atoms with van der Waals surface area (Å²) in [6.07, 6.45) is 8.67. The maximum Gasteiger partial charge on any atom is 0.410 e. The van der Waals surface area contributed by atoms with Crippen LogP contribution in [-0.2, 0) is 16.6 Å². The average molecular weight is 569 g/mol. The predicted octanol–water partition coefficient (Wildman–Crippen LogP) is 5.76. The van der Waals surface area contributed by atoms with Gasteiger partial charge in [0.05, 0.1) is 17.1 Å². The van der Waals surface area contributed by atoms with Gasteiger partial charge < -0.3 is 28.3 Å². The maximum atomic E-state index is 14.4. The molecule has 0 aromatic carbocycles. The molecule has 0 unspecified atom stereocenters. The molecule has 10 heteroatoms. The van der Waals surface area contributed by atoms with E-state index in [1.54, 1.807) is 21.7 Å². The van der Waals surface area contributed by atoms with Crippen molar-refractivity contribution in [1.82, 2.24) is 18.9 Å². The number of nitrogens with zero attached hydrogens (tertiary/aromatic N) is 6.